The Hall–Kier alpha value is -2.54. The number of furan rings is 1. The van der Waals surface area contributed by atoms with Crippen LogP contribution in [0.5, 0.6) is 0 Å². The topological polar surface area (TPSA) is 81.1 Å². The van der Waals surface area contributed by atoms with Crippen LogP contribution in [0.2, 0.25) is 0 Å². The van der Waals surface area contributed by atoms with Gasteiger partial charge in [0.2, 0.25) is 5.89 Å². The van der Waals surface area contributed by atoms with Crippen molar-refractivity contribution in [1.29, 1.82) is 0 Å². The summed E-state index contributed by atoms with van der Waals surface area (Å²) in [5, 5.41) is 4.06. The molecule has 7 heteroatoms. The number of rotatable bonds is 4. The highest BCUT2D eigenvalue weighted by molar-refractivity contribution is 5.55. The van der Waals surface area contributed by atoms with E-state index >= 15 is 0 Å². The molecule has 26 heavy (non-hydrogen) atoms. The van der Waals surface area contributed by atoms with E-state index in [4.69, 9.17) is 8.94 Å². The molecule has 0 aliphatic carbocycles. The highest BCUT2D eigenvalue weighted by Gasteiger charge is 2.25. The van der Waals surface area contributed by atoms with Gasteiger partial charge < -0.3 is 8.94 Å². The first-order chi connectivity index (χ1) is 12.6. The molecule has 0 radical (unpaired) electrons. The van der Waals surface area contributed by atoms with Gasteiger partial charge in [0.1, 0.15) is 11.5 Å². The van der Waals surface area contributed by atoms with Crippen molar-refractivity contribution in [3.63, 3.8) is 0 Å². The van der Waals surface area contributed by atoms with Crippen molar-refractivity contribution in [2.75, 3.05) is 13.1 Å². The van der Waals surface area contributed by atoms with Crippen molar-refractivity contribution in [3.8, 4) is 11.5 Å². The third kappa shape index (κ3) is 3.53. The van der Waals surface area contributed by atoms with Gasteiger partial charge in [0.25, 0.3) is 0 Å². The van der Waals surface area contributed by atoms with Crippen molar-refractivity contribution >= 4 is 0 Å². The van der Waals surface area contributed by atoms with Gasteiger partial charge >= 0.3 is 0 Å². The first kappa shape index (κ1) is 16.9. The van der Waals surface area contributed by atoms with Crippen LogP contribution >= 0.6 is 0 Å². The Bertz CT molecular complexity index is 893. The maximum absolute atomic E-state index is 6.04. The maximum Gasteiger partial charge on any atom is 0.223 e. The van der Waals surface area contributed by atoms with Gasteiger partial charge in [0, 0.05) is 19.0 Å². The zero-order valence-electron chi connectivity index (χ0n) is 15.4. The fourth-order valence-corrected chi connectivity index (χ4v) is 3.41. The van der Waals surface area contributed by atoms with Crippen LogP contribution in [0.1, 0.15) is 47.6 Å². The molecule has 1 saturated heterocycles. The highest BCUT2D eigenvalue weighted by Crippen LogP contribution is 2.28. The van der Waals surface area contributed by atoms with Crippen molar-refractivity contribution in [2.24, 2.45) is 0 Å². The SMILES string of the molecule is Cc1cnc(C)c(-c2ccc(CN3CCC(c4noc(C)n4)CC3)o2)n1. The third-order valence-electron chi connectivity index (χ3n) is 4.85. The molecule has 4 heterocycles. The quantitative estimate of drug-likeness (QED) is 0.711. The summed E-state index contributed by atoms with van der Waals surface area (Å²) in [6.45, 7) is 8.52. The number of piperidine rings is 1. The lowest BCUT2D eigenvalue weighted by Crippen LogP contribution is -2.32. The Morgan fingerprint density at radius 1 is 1.12 bits per heavy atom. The van der Waals surface area contributed by atoms with Crippen molar-refractivity contribution in [2.45, 2.75) is 46.1 Å². The molecular formula is C19H23N5O2. The zero-order valence-corrected chi connectivity index (χ0v) is 15.4. The molecule has 136 valence electrons. The Morgan fingerprint density at radius 2 is 1.92 bits per heavy atom. The van der Waals surface area contributed by atoms with Crippen LogP contribution in [-0.2, 0) is 6.54 Å². The van der Waals surface area contributed by atoms with Crippen LogP contribution in [-0.4, -0.2) is 38.1 Å². The number of nitrogens with zero attached hydrogens (tertiary/aromatic N) is 5. The van der Waals surface area contributed by atoms with Crippen LogP contribution in [0.25, 0.3) is 11.5 Å². The summed E-state index contributed by atoms with van der Waals surface area (Å²) >= 11 is 0. The Balaban J connectivity index is 1.38. The Kier molecular flexibility index (Phi) is 4.55. The van der Waals surface area contributed by atoms with Crippen LogP contribution in [0.15, 0.2) is 27.3 Å². The number of aryl methyl sites for hydroxylation is 3. The van der Waals surface area contributed by atoms with Crippen molar-refractivity contribution in [1.82, 2.24) is 25.0 Å². The molecule has 0 amide bonds. The molecule has 0 N–H and O–H groups in total. The number of aromatic nitrogens is 4. The number of hydrogen-bond donors (Lipinski definition) is 0. The van der Waals surface area contributed by atoms with Crippen molar-refractivity contribution in [3.05, 3.63) is 47.2 Å². The molecule has 0 bridgehead atoms. The molecule has 0 saturated carbocycles. The van der Waals surface area contributed by atoms with Gasteiger partial charge in [-0.2, -0.15) is 4.98 Å². The Morgan fingerprint density at radius 3 is 2.65 bits per heavy atom. The van der Waals surface area contributed by atoms with E-state index in [0.29, 0.717) is 11.8 Å². The van der Waals surface area contributed by atoms with Gasteiger partial charge in [0.05, 0.1) is 17.9 Å². The van der Waals surface area contributed by atoms with Gasteiger partial charge in [-0.25, -0.2) is 4.98 Å². The van der Waals surface area contributed by atoms with Gasteiger partial charge in [-0.15, -0.1) is 0 Å². The average molecular weight is 353 g/mol. The number of likely N-dealkylation sites (tertiary alicyclic amines) is 1. The predicted molar refractivity (Wildman–Crippen MR) is 95.5 cm³/mol. The van der Waals surface area contributed by atoms with E-state index in [1.807, 2.05) is 32.9 Å². The summed E-state index contributed by atoms with van der Waals surface area (Å²) in [7, 11) is 0. The van der Waals surface area contributed by atoms with Crippen molar-refractivity contribution < 1.29 is 8.94 Å². The van der Waals surface area contributed by atoms with E-state index in [1.165, 1.54) is 0 Å². The molecule has 0 aromatic carbocycles. The first-order valence-electron chi connectivity index (χ1n) is 9.00. The predicted octanol–water partition coefficient (Wildman–Crippen LogP) is 3.42. The largest absolute Gasteiger partial charge is 0.458 e. The minimum atomic E-state index is 0.390. The molecule has 0 spiro atoms. The molecular weight excluding hydrogens is 330 g/mol. The first-order valence-corrected chi connectivity index (χ1v) is 9.00. The van der Waals surface area contributed by atoms with Crippen LogP contribution in [0, 0.1) is 20.8 Å². The Labute approximate surface area is 152 Å². The minimum absolute atomic E-state index is 0.390. The summed E-state index contributed by atoms with van der Waals surface area (Å²) < 4.78 is 11.1. The van der Waals surface area contributed by atoms with E-state index in [0.717, 1.165) is 66.9 Å². The van der Waals surface area contributed by atoms with Gasteiger partial charge in [-0.1, -0.05) is 5.16 Å². The molecule has 7 nitrogen and oxygen atoms in total. The molecule has 0 unspecified atom stereocenters. The zero-order chi connectivity index (χ0) is 18.1. The van der Waals surface area contributed by atoms with E-state index in [9.17, 15) is 0 Å². The minimum Gasteiger partial charge on any atom is -0.458 e. The normalized spacial score (nSPS) is 16.3. The fraction of sp³-hybridized carbons (Fsp3) is 0.474. The second-order valence-electron chi connectivity index (χ2n) is 6.93. The smallest absolute Gasteiger partial charge is 0.223 e. The van der Waals surface area contributed by atoms with Crippen LogP contribution in [0.3, 0.4) is 0 Å². The third-order valence-corrected chi connectivity index (χ3v) is 4.85. The summed E-state index contributed by atoms with van der Waals surface area (Å²) in [6, 6.07) is 4.02. The van der Waals surface area contributed by atoms with Gasteiger partial charge in [-0.3, -0.25) is 9.88 Å². The van der Waals surface area contributed by atoms with E-state index in [2.05, 4.69) is 25.0 Å². The lowest BCUT2D eigenvalue weighted by Gasteiger charge is -2.29. The van der Waals surface area contributed by atoms with E-state index in [-0.39, 0.29) is 0 Å². The lowest BCUT2D eigenvalue weighted by atomic mass is 9.96. The average Bonchev–Trinajstić information content (AvgIpc) is 3.27. The summed E-state index contributed by atoms with van der Waals surface area (Å²) in [5.41, 5.74) is 2.59. The molecule has 1 fully saturated rings. The summed E-state index contributed by atoms with van der Waals surface area (Å²) in [4.78, 5) is 15.7. The van der Waals surface area contributed by atoms with Gasteiger partial charge in [0.15, 0.2) is 11.6 Å². The highest BCUT2D eigenvalue weighted by atomic mass is 16.5. The summed E-state index contributed by atoms with van der Waals surface area (Å²) in [5.74, 6) is 3.61. The second kappa shape index (κ2) is 6.99. The molecule has 1 aliphatic heterocycles. The second-order valence-corrected chi connectivity index (χ2v) is 6.93. The van der Waals surface area contributed by atoms with Crippen LogP contribution < -0.4 is 0 Å². The molecule has 3 aromatic rings. The molecule has 0 atom stereocenters. The fourth-order valence-electron chi connectivity index (χ4n) is 3.41. The monoisotopic (exact) mass is 353 g/mol. The standard InChI is InChI=1S/C19H23N5O2/c1-12-10-20-13(2)18(21-12)17-5-4-16(25-17)11-24-8-6-15(7-9-24)19-22-14(3)26-23-19/h4-5,10,15H,6-9,11H2,1-3H3. The molecule has 3 aromatic heterocycles. The maximum atomic E-state index is 6.04. The molecule has 1 aliphatic rings. The molecule has 4 rings (SSSR count). The van der Waals surface area contributed by atoms with Crippen LogP contribution in [0.4, 0.5) is 0 Å². The summed E-state index contributed by atoms with van der Waals surface area (Å²) in [6.07, 6.45) is 3.85. The number of hydrogen-bond acceptors (Lipinski definition) is 7. The van der Waals surface area contributed by atoms with E-state index in [1.54, 1.807) is 6.20 Å². The lowest BCUT2D eigenvalue weighted by molar-refractivity contribution is 0.187. The van der Waals surface area contributed by atoms with Gasteiger partial charge in [-0.05, 0) is 51.9 Å². The van der Waals surface area contributed by atoms with E-state index < -0.39 is 0 Å².